The monoisotopic (exact) mass is 281 g/mol. The first-order valence-corrected chi connectivity index (χ1v) is 5.51. The summed E-state index contributed by atoms with van der Waals surface area (Å²) in [5.74, 6) is -0.665. The van der Waals surface area contributed by atoms with Gasteiger partial charge in [0.25, 0.3) is 0 Å². The molecule has 1 aromatic carbocycles. The van der Waals surface area contributed by atoms with E-state index < -0.39 is 36.9 Å². The van der Waals surface area contributed by atoms with E-state index in [2.05, 4.69) is 4.74 Å². The summed E-state index contributed by atoms with van der Waals surface area (Å²) in [6.45, 7) is -1.00. The smallest absolute Gasteiger partial charge is 0.394 e. The van der Waals surface area contributed by atoms with Gasteiger partial charge in [-0.05, 0) is 13.0 Å². The van der Waals surface area contributed by atoms with Crippen LogP contribution >= 0.6 is 0 Å². The lowest BCUT2D eigenvalue weighted by atomic mass is 9.87. The maximum absolute atomic E-state index is 13.6. The molecule has 7 heteroatoms. The highest BCUT2D eigenvalue weighted by molar-refractivity contribution is 5.26. The molecular weight excluding hydrogens is 266 g/mol. The molecule has 0 aromatic heterocycles. The molecule has 0 fully saturated rings. The first-order chi connectivity index (χ1) is 8.68. The molecule has 19 heavy (non-hydrogen) atoms. The number of rotatable bonds is 5. The number of ether oxygens (including phenoxy) is 1. The van der Waals surface area contributed by atoms with Gasteiger partial charge in [0.05, 0.1) is 12.1 Å². The molecule has 0 spiro atoms. The van der Waals surface area contributed by atoms with Gasteiger partial charge in [-0.15, -0.1) is 0 Å². The van der Waals surface area contributed by atoms with Crippen molar-refractivity contribution in [3.05, 3.63) is 35.6 Å². The number of aliphatic hydroxyl groups excluding tert-OH is 1. The SMILES string of the molecule is C[C@@](N)(c1ccccc1F)[C@H](CO)OCC(F)(F)F. The average Bonchev–Trinajstić information content (AvgIpc) is 2.28. The molecule has 0 unspecified atom stereocenters. The van der Waals surface area contributed by atoms with Gasteiger partial charge in [-0.3, -0.25) is 0 Å². The Bertz CT molecular complexity index is 420. The Balaban J connectivity index is 2.93. The van der Waals surface area contributed by atoms with Gasteiger partial charge >= 0.3 is 6.18 Å². The van der Waals surface area contributed by atoms with Crippen molar-refractivity contribution in [3.63, 3.8) is 0 Å². The molecule has 1 rings (SSSR count). The summed E-state index contributed by atoms with van der Waals surface area (Å²) < 4.78 is 54.5. The molecule has 0 bridgehead atoms. The van der Waals surface area contributed by atoms with Crippen LogP contribution in [0, 0.1) is 5.82 Å². The zero-order valence-electron chi connectivity index (χ0n) is 10.2. The zero-order chi connectivity index (χ0) is 14.7. The Morgan fingerprint density at radius 3 is 2.37 bits per heavy atom. The molecule has 0 radical (unpaired) electrons. The van der Waals surface area contributed by atoms with E-state index in [0.29, 0.717) is 0 Å². The summed E-state index contributed by atoms with van der Waals surface area (Å²) in [5, 5.41) is 9.12. The Kier molecular flexibility index (Phi) is 4.89. The van der Waals surface area contributed by atoms with E-state index in [1.165, 1.54) is 25.1 Å². The van der Waals surface area contributed by atoms with Crippen molar-refractivity contribution in [1.82, 2.24) is 0 Å². The van der Waals surface area contributed by atoms with E-state index >= 15 is 0 Å². The summed E-state index contributed by atoms with van der Waals surface area (Å²) in [5.41, 5.74) is 4.24. The van der Waals surface area contributed by atoms with E-state index in [4.69, 9.17) is 10.8 Å². The van der Waals surface area contributed by atoms with Crippen molar-refractivity contribution in [1.29, 1.82) is 0 Å². The van der Waals surface area contributed by atoms with E-state index in [0.717, 1.165) is 6.07 Å². The molecule has 108 valence electrons. The fourth-order valence-electron chi connectivity index (χ4n) is 1.68. The van der Waals surface area contributed by atoms with Crippen LogP contribution in [-0.2, 0) is 10.3 Å². The second kappa shape index (κ2) is 5.85. The summed E-state index contributed by atoms with van der Waals surface area (Å²) in [4.78, 5) is 0. The van der Waals surface area contributed by atoms with Gasteiger partial charge in [0.15, 0.2) is 0 Å². The Morgan fingerprint density at radius 1 is 1.32 bits per heavy atom. The maximum Gasteiger partial charge on any atom is 0.411 e. The number of alkyl halides is 3. The van der Waals surface area contributed by atoms with Crippen molar-refractivity contribution in [2.24, 2.45) is 5.73 Å². The fraction of sp³-hybridized carbons (Fsp3) is 0.500. The normalized spacial score (nSPS) is 17.0. The number of hydrogen-bond donors (Lipinski definition) is 2. The minimum atomic E-state index is -4.54. The molecular formula is C12H15F4NO2. The van der Waals surface area contributed by atoms with Crippen LogP contribution in [0.4, 0.5) is 17.6 Å². The second-order valence-electron chi connectivity index (χ2n) is 4.36. The number of halogens is 4. The molecule has 1 aromatic rings. The minimum Gasteiger partial charge on any atom is -0.394 e. The Morgan fingerprint density at radius 2 is 1.89 bits per heavy atom. The molecule has 0 amide bonds. The summed E-state index contributed by atoms with van der Waals surface area (Å²) >= 11 is 0. The third-order valence-corrected chi connectivity index (χ3v) is 2.74. The van der Waals surface area contributed by atoms with Gasteiger partial charge in [-0.2, -0.15) is 13.2 Å². The highest BCUT2D eigenvalue weighted by atomic mass is 19.4. The average molecular weight is 281 g/mol. The standard InChI is InChI=1S/C12H15F4NO2/c1-11(17,8-4-2-3-5-9(8)13)10(6-18)19-7-12(14,15)16/h2-5,10,18H,6-7,17H2,1H3/t10-,11+/m0/s1. The molecule has 0 saturated carbocycles. The van der Waals surface area contributed by atoms with Crippen molar-refractivity contribution in [3.8, 4) is 0 Å². The molecule has 0 heterocycles. The van der Waals surface area contributed by atoms with Gasteiger partial charge in [0.2, 0.25) is 0 Å². The zero-order valence-corrected chi connectivity index (χ0v) is 10.2. The lowest BCUT2D eigenvalue weighted by Gasteiger charge is -2.33. The van der Waals surface area contributed by atoms with E-state index in [9.17, 15) is 17.6 Å². The predicted molar refractivity (Wildman–Crippen MR) is 60.8 cm³/mol. The highest BCUT2D eigenvalue weighted by Crippen LogP contribution is 2.27. The third kappa shape index (κ3) is 4.15. The van der Waals surface area contributed by atoms with Crippen LogP contribution in [0.1, 0.15) is 12.5 Å². The minimum absolute atomic E-state index is 0.0174. The van der Waals surface area contributed by atoms with Crippen LogP contribution in [0.5, 0.6) is 0 Å². The van der Waals surface area contributed by atoms with Crippen molar-refractivity contribution in [2.75, 3.05) is 13.2 Å². The largest absolute Gasteiger partial charge is 0.411 e. The molecule has 0 aliphatic rings. The summed E-state index contributed by atoms with van der Waals surface area (Å²) in [6, 6.07) is 5.41. The van der Waals surface area contributed by atoms with Crippen LogP contribution in [0.2, 0.25) is 0 Å². The highest BCUT2D eigenvalue weighted by Gasteiger charge is 2.38. The van der Waals surface area contributed by atoms with Crippen LogP contribution in [0.15, 0.2) is 24.3 Å². The van der Waals surface area contributed by atoms with Crippen LogP contribution < -0.4 is 5.73 Å². The van der Waals surface area contributed by atoms with Crippen LogP contribution in [0.25, 0.3) is 0 Å². The molecule has 3 nitrogen and oxygen atoms in total. The molecule has 3 N–H and O–H groups in total. The van der Waals surface area contributed by atoms with Gasteiger partial charge in [-0.1, -0.05) is 18.2 Å². The number of nitrogens with two attached hydrogens (primary N) is 1. The molecule has 0 aliphatic carbocycles. The first kappa shape index (κ1) is 15.9. The van der Waals surface area contributed by atoms with Crippen LogP contribution in [0.3, 0.4) is 0 Å². The third-order valence-electron chi connectivity index (χ3n) is 2.74. The lowest BCUT2D eigenvalue weighted by molar-refractivity contribution is -0.196. The molecule has 2 atom stereocenters. The first-order valence-electron chi connectivity index (χ1n) is 5.51. The van der Waals surface area contributed by atoms with Crippen LogP contribution in [-0.4, -0.2) is 30.6 Å². The van der Waals surface area contributed by atoms with Crippen molar-refractivity contribution >= 4 is 0 Å². The maximum atomic E-state index is 13.6. The Hall–Kier alpha value is -1.18. The van der Waals surface area contributed by atoms with E-state index in [1.54, 1.807) is 0 Å². The second-order valence-corrected chi connectivity index (χ2v) is 4.36. The topological polar surface area (TPSA) is 55.5 Å². The number of aliphatic hydroxyl groups is 1. The van der Waals surface area contributed by atoms with E-state index in [1.807, 2.05) is 0 Å². The summed E-state index contributed by atoms with van der Waals surface area (Å²) in [7, 11) is 0. The van der Waals surface area contributed by atoms with Gasteiger partial charge in [0, 0.05) is 5.56 Å². The quantitative estimate of drug-likeness (QED) is 0.811. The van der Waals surface area contributed by atoms with Gasteiger partial charge in [0.1, 0.15) is 18.5 Å². The van der Waals surface area contributed by atoms with E-state index in [-0.39, 0.29) is 5.56 Å². The Labute approximate surface area is 108 Å². The van der Waals surface area contributed by atoms with Crippen molar-refractivity contribution < 1.29 is 27.4 Å². The number of benzene rings is 1. The predicted octanol–water partition coefficient (Wildman–Crippen LogP) is 1.94. The van der Waals surface area contributed by atoms with Gasteiger partial charge < -0.3 is 15.6 Å². The fourth-order valence-corrected chi connectivity index (χ4v) is 1.68. The lowest BCUT2D eigenvalue weighted by Crippen LogP contribution is -2.50. The van der Waals surface area contributed by atoms with Gasteiger partial charge in [-0.25, -0.2) is 4.39 Å². The summed E-state index contributed by atoms with van der Waals surface area (Å²) in [6.07, 6.45) is -5.91. The molecule has 0 aliphatic heterocycles. The molecule has 0 saturated heterocycles. The number of hydrogen-bond acceptors (Lipinski definition) is 3. The van der Waals surface area contributed by atoms with Crippen molar-refractivity contribution in [2.45, 2.75) is 24.7 Å².